The van der Waals surface area contributed by atoms with Crippen LogP contribution in [0.2, 0.25) is 0 Å². The van der Waals surface area contributed by atoms with Crippen molar-refractivity contribution < 1.29 is 4.74 Å². The van der Waals surface area contributed by atoms with Crippen molar-refractivity contribution in [1.29, 1.82) is 0 Å². The van der Waals surface area contributed by atoms with E-state index in [1.807, 2.05) is 54.9 Å². The molecule has 3 N–H and O–H groups in total. The Morgan fingerprint density at radius 1 is 0.962 bits per heavy atom. The number of benzene rings is 2. The Bertz CT molecular complexity index is 794. The molecule has 0 bridgehead atoms. The number of pyridine rings is 1. The van der Waals surface area contributed by atoms with Gasteiger partial charge in [0.05, 0.1) is 0 Å². The number of nitrogens with one attached hydrogen (secondary N) is 1. The molecule has 0 spiro atoms. The lowest BCUT2D eigenvalue weighted by molar-refractivity contribution is 0.313. The van der Waals surface area contributed by atoms with Crippen LogP contribution in [0, 0.1) is 0 Å². The second-order valence-corrected chi connectivity index (χ2v) is 6.85. The SMILES string of the molecule is NCSc1ccc(OCCNCc2cncc(-c3ccccc3)c2)cc1. The van der Waals surface area contributed by atoms with Crippen LogP contribution in [-0.4, -0.2) is 24.0 Å². The van der Waals surface area contributed by atoms with Crippen molar-refractivity contribution in [3.63, 3.8) is 0 Å². The molecule has 0 aliphatic rings. The van der Waals surface area contributed by atoms with Gasteiger partial charge in [-0.1, -0.05) is 30.3 Å². The van der Waals surface area contributed by atoms with E-state index in [0.717, 1.165) is 34.9 Å². The van der Waals surface area contributed by atoms with E-state index in [1.54, 1.807) is 11.8 Å². The van der Waals surface area contributed by atoms with Crippen LogP contribution in [0.3, 0.4) is 0 Å². The predicted molar refractivity (Wildman–Crippen MR) is 108 cm³/mol. The van der Waals surface area contributed by atoms with Gasteiger partial charge in [0.15, 0.2) is 0 Å². The topological polar surface area (TPSA) is 60.2 Å². The van der Waals surface area contributed by atoms with Gasteiger partial charge in [0.25, 0.3) is 0 Å². The molecule has 0 saturated heterocycles. The molecule has 0 amide bonds. The van der Waals surface area contributed by atoms with Crippen LogP contribution in [0.4, 0.5) is 0 Å². The molecular formula is C21H23N3OS. The predicted octanol–water partition coefficient (Wildman–Crippen LogP) is 3.93. The van der Waals surface area contributed by atoms with E-state index in [1.165, 1.54) is 5.56 Å². The smallest absolute Gasteiger partial charge is 0.119 e. The van der Waals surface area contributed by atoms with E-state index >= 15 is 0 Å². The molecule has 3 rings (SSSR count). The number of nitrogens with zero attached hydrogens (tertiary/aromatic N) is 1. The minimum atomic E-state index is 0.588. The van der Waals surface area contributed by atoms with Crippen LogP contribution in [0.5, 0.6) is 5.75 Å². The first-order valence-electron chi connectivity index (χ1n) is 8.61. The third-order valence-corrected chi connectivity index (χ3v) is 4.62. The highest BCUT2D eigenvalue weighted by Crippen LogP contribution is 2.20. The molecule has 0 saturated carbocycles. The highest BCUT2D eigenvalue weighted by atomic mass is 32.2. The lowest BCUT2D eigenvalue weighted by Gasteiger charge is -2.09. The van der Waals surface area contributed by atoms with Gasteiger partial charge in [-0.15, -0.1) is 11.8 Å². The first-order chi connectivity index (χ1) is 12.8. The highest BCUT2D eigenvalue weighted by molar-refractivity contribution is 7.99. The van der Waals surface area contributed by atoms with Gasteiger partial charge in [-0.2, -0.15) is 0 Å². The summed E-state index contributed by atoms with van der Waals surface area (Å²) < 4.78 is 5.75. The summed E-state index contributed by atoms with van der Waals surface area (Å²) in [5, 5.41) is 3.40. The number of ether oxygens (including phenoxy) is 1. The number of aromatic nitrogens is 1. The first-order valence-corrected chi connectivity index (χ1v) is 9.59. The van der Waals surface area contributed by atoms with Crippen LogP contribution in [-0.2, 0) is 6.54 Å². The molecule has 0 aliphatic heterocycles. The zero-order valence-electron chi connectivity index (χ0n) is 14.6. The van der Waals surface area contributed by atoms with Crippen molar-refractivity contribution in [3.05, 3.63) is 78.6 Å². The molecule has 0 fully saturated rings. The second kappa shape index (κ2) is 9.97. The van der Waals surface area contributed by atoms with Gasteiger partial charge in [0.1, 0.15) is 12.4 Å². The summed E-state index contributed by atoms with van der Waals surface area (Å²) in [4.78, 5) is 5.50. The van der Waals surface area contributed by atoms with Crippen molar-refractivity contribution in [2.24, 2.45) is 5.73 Å². The molecule has 26 heavy (non-hydrogen) atoms. The molecule has 5 heteroatoms. The van der Waals surface area contributed by atoms with Gasteiger partial charge < -0.3 is 15.8 Å². The fraction of sp³-hybridized carbons (Fsp3) is 0.190. The van der Waals surface area contributed by atoms with Crippen molar-refractivity contribution in [2.45, 2.75) is 11.4 Å². The lowest BCUT2D eigenvalue weighted by atomic mass is 10.1. The summed E-state index contributed by atoms with van der Waals surface area (Å²) >= 11 is 1.62. The van der Waals surface area contributed by atoms with E-state index in [0.29, 0.717) is 12.5 Å². The van der Waals surface area contributed by atoms with Gasteiger partial charge in [0, 0.05) is 41.8 Å². The minimum Gasteiger partial charge on any atom is -0.492 e. The van der Waals surface area contributed by atoms with E-state index < -0.39 is 0 Å². The molecule has 134 valence electrons. The molecule has 0 atom stereocenters. The average molecular weight is 366 g/mol. The fourth-order valence-corrected chi connectivity index (χ4v) is 3.10. The summed E-state index contributed by atoms with van der Waals surface area (Å²) in [6.07, 6.45) is 3.79. The van der Waals surface area contributed by atoms with E-state index in [9.17, 15) is 0 Å². The number of thioether (sulfide) groups is 1. The number of rotatable bonds is 9. The monoisotopic (exact) mass is 365 g/mol. The Labute approximate surface area is 158 Å². The summed E-state index contributed by atoms with van der Waals surface area (Å²) in [5.74, 6) is 1.46. The van der Waals surface area contributed by atoms with Crippen LogP contribution in [0.25, 0.3) is 11.1 Å². The molecule has 1 aromatic heterocycles. The third-order valence-electron chi connectivity index (χ3n) is 3.85. The Morgan fingerprint density at radius 3 is 2.54 bits per heavy atom. The maximum absolute atomic E-state index is 5.75. The highest BCUT2D eigenvalue weighted by Gasteiger charge is 2.00. The van der Waals surface area contributed by atoms with Crippen LogP contribution in [0.1, 0.15) is 5.56 Å². The fourth-order valence-electron chi connectivity index (χ4n) is 2.57. The van der Waals surface area contributed by atoms with E-state index in [2.05, 4.69) is 28.5 Å². The van der Waals surface area contributed by atoms with E-state index in [4.69, 9.17) is 10.5 Å². The van der Waals surface area contributed by atoms with Crippen LogP contribution >= 0.6 is 11.8 Å². The Hall–Kier alpha value is -2.34. The zero-order chi connectivity index (χ0) is 18.0. The van der Waals surface area contributed by atoms with Crippen LogP contribution in [0.15, 0.2) is 78.0 Å². The second-order valence-electron chi connectivity index (χ2n) is 5.76. The quantitative estimate of drug-likeness (QED) is 0.342. The van der Waals surface area contributed by atoms with Crippen molar-refractivity contribution in [2.75, 3.05) is 19.0 Å². The molecule has 0 aliphatic carbocycles. The summed E-state index contributed by atoms with van der Waals surface area (Å²) in [6.45, 7) is 2.16. The van der Waals surface area contributed by atoms with Gasteiger partial charge >= 0.3 is 0 Å². The van der Waals surface area contributed by atoms with E-state index in [-0.39, 0.29) is 0 Å². The Kier molecular flexibility index (Phi) is 7.07. The third kappa shape index (κ3) is 5.59. The lowest BCUT2D eigenvalue weighted by Crippen LogP contribution is -2.20. The normalized spacial score (nSPS) is 10.7. The Balaban J connectivity index is 1.42. The molecule has 3 aromatic rings. The van der Waals surface area contributed by atoms with Gasteiger partial charge in [0.2, 0.25) is 0 Å². The van der Waals surface area contributed by atoms with Crippen molar-refractivity contribution in [3.8, 4) is 16.9 Å². The molecule has 4 nitrogen and oxygen atoms in total. The molecule has 0 unspecified atom stereocenters. The van der Waals surface area contributed by atoms with Gasteiger partial charge in [-0.25, -0.2) is 0 Å². The average Bonchev–Trinajstić information content (AvgIpc) is 2.70. The Morgan fingerprint density at radius 2 is 1.77 bits per heavy atom. The largest absolute Gasteiger partial charge is 0.492 e. The minimum absolute atomic E-state index is 0.588. The molecule has 1 heterocycles. The zero-order valence-corrected chi connectivity index (χ0v) is 15.4. The first kappa shape index (κ1) is 18.5. The van der Waals surface area contributed by atoms with Gasteiger partial charge in [-0.05, 0) is 41.5 Å². The van der Waals surface area contributed by atoms with Crippen molar-refractivity contribution in [1.82, 2.24) is 10.3 Å². The standard InChI is InChI=1S/C21H23N3OS/c22-16-26-21-8-6-20(7-9-21)25-11-10-23-13-17-12-19(15-24-14-17)18-4-2-1-3-5-18/h1-9,12,14-15,23H,10-11,13,16,22H2. The maximum Gasteiger partial charge on any atom is 0.119 e. The number of nitrogens with two attached hydrogens (primary N) is 1. The van der Waals surface area contributed by atoms with Gasteiger partial charge in [-0.3, -0.25) is 4.98 Å². The number of hydrogen-bond acceptors (Lipinski definition) is 5. The molecule has 0 radical (unpaired) electrons. The van der Waals surface area contributed by atoms with Crippen LogP contribution < -0.4 is 15.8 Å². The summed E-state index contributed by atoms with van der Waals surface area (Å²) in [6, 6.07) is 20.5. The van der Waals surface area contributed by atoms with Crippen molar-refractivity contribution >= 4 is 11.8 Å². The summed E-state index contributed by atoms with van der Waals surface area (Å²) in [5.41, 5.74) is 9.00. The maximum atomic E-state index is 5.75. The number of hydrogen-bond donors (Lipinski definition) is 2. The summed E-state index contributed by atoms with van der Waals surface area (Å²) in [7, 11) is 0. The molecule has 2 aromatic carbocycles. The molecular weight excluding hydrogens is 342 g/mol.